The van der Waals surface area contributed by atoms with Crippen LogP contribution < -0.4 is 11.1 Å². The van der Waals surface area contributed by atoms with Crippen LogP contribution in [0.5, 0.6) is 0 Å². The molecule has 1 amide bonds. The minimum Gasteiger partial charge on any atom is -0.408 e. The van der Waals surface area contributed by atoms with Crippen LogP contribution in [0, 0.1) is 0 Å². The summed E-state index contributed by atoms with van der Waals surface area (Å²) in [4.78, 5) is 28.2. The molecule has 24 heavy (non-hydrogen) atoms. The molecule has 1 N–H and O–H groups in total. The summed E-state index contributed by atoms with van der Waals surface area (Å²) in [5.41, 5.74) is 1.82. The lowest BCUT2D eigenvalue weighted by Crippen LogP contribution is -2.29. The minimum atomic E-state index is -0.502. The first-order chi connectivity index (χ1) is 11.5. The Bertz CT molecular complexity index is 918. The third-order valence-corrected chi connectivity index (χ3v) is 3.94. The number of fused-ring (bicyclic) bond motifs is 1. The summed E-state index contributed by atoms with van der Waals surface area (Å²) in [7, 11) is 0. The van der Waals surface area contributed by atoms with E-state index in [4.69, 9.17) is 16.0 Å². The Morgan fingerprint density at radius 3 is 2.96 bits per heavy atom. The standard InChI is InChI=1S/C17H16ClN3O3/c1-11(13-4-2-3-8-19-13)20-16(22)7-9-21-14-6-5-12(18)10-15(14)24-17(21)23/h2-6,8,10-11H,7,9H2,1H3,(H,20,22). The van der Waals surface area contributed by atoms with Gasteiger partial charge in [0.15, 0.2) is 5.58 Å². The fourth-order valence-corrected chi connectivity index (χ4v) is 2.65. The van der Waals surface area contributed by atoms with Gasteiger partial charge in [-0.05, 0) is 31.2 Å². The molecule has 0 aliphatic heterocycles. The van der Waals surface area contributed by atoms with Crippen LogP contribution in [-0.4, -0.2) is 15.5 Å². The molecule has 0 fully saturated rings. The third-order valence-electron chi connectivity index (χ3n) is 3.70. The number of nitrogens with zero attached hydrogens (tertiary/aromatic N) is 2. The molecule has 0 spiro atoms. The van der Waals surface area contributed by atoms with Crippen LogP contribution >= 0.6 is 11.6 Å². The van der Waals surface area contributed by atoms with E-state index in [1.54, 1.807) is 24.4 Å². The lowest BCUT2D eigenvalue weighted by Gasteiger charge is -2.13. The normalized spacial score (nSPS) is 12.2. The zero-order valence-electron chi connectivity index (χ0n) is 13.0. The van der Waals surface area contributed by atoms with Crippen molar-refractivity contribution in [1.82, 2.24) is 14.9 Å². The van der Waals surface area contributed by atoms with Crippen molar-refractivity contribution >= 4 is 28.6 Å². The zero-order valence-corrected chi connectivity index (χ0v) is 13.8. The predicted octanol–water partition coefficient (Wildman–Crippen LogP) is 2.91. The van der Waals surface area contributed by atoms with Gasteiger partial charge in [0.05, 0.1) is 17.3 Å². The van der Waals surface area contributed by atoms with E-state index in [2.05, 4.69) is 10.3 Å². The molecule has 1 atom stereocenters. The van der Waals surface area contributed by atoms with Crippen molar-refractivity contribution in [3.8, 4) is 0 Å². The van der Waals surface area contributed by atoms with Gasteiger partial charge in [0, 0.05) is 30.3 Å². The van der Waals surface area contributed by atoms with Crippen molar-refractivity contribution in [2.24, 2.45) is 0 Å². The second-order valence-corrected chi connectivity index (χ2v) is 5.86. The van der Waals surface area contributed by atoms with Crippen LogP contribution in [0.2, 0.25) is 5.02 Å². The molecule has 0 radical (unpaired) electrons. The van der Waals surface area contributed by atoms with E-state index < -0.39 is 5.76 Å². The number of halogens is 1. The van der Waals surface area contributed by atoms with E-state index in [1.165, 1.54) is 4.57 Å². The molecule has 0 saturated heterocycles. The molecule has 1 aromatic carbocycles. The van der Waals surface area contributed by atoms with Gasteiger partial charge in [-0.15, -0.1) is 0 Å². The number of hydrogen-bond acceptors (Lipinski definition) is 4. The number of nitrogens with one attached hydrogen (secondary N) is 1. The number of aromatic nitrogens is 2. The molecule has 3 rings (SSSR count). The molecule has 2 heterocycles. The van der Waals surface area contributed by atoms with Crippen molar-refractivity contribution in [1.29, 1.82) is 0 Å². The quantitative estimate of drug-likeness (QED) is 0.771. The minimum absolute atomic E-state index is 0.161. The highest BCUT2D eigenvalue weighted by Crippen LogP contribution is 2.18. The topological polar surface area (TPSA) is 77.1 Å². The average molecular weight is 346 g/mol. The number of amides is 1. The number of benzene rings is 1. The highest BCUT2D eigenvalue weighted by molar-refractivity contribution is 6.31. The maximum Gasteiger partial charge on any atom is 0.419 e. The summed E-state index contributed by atoms with van der Waals surface area (Å²) in [6.45, 7) is 2.09. The summed E-state index contributed by atoms with van der Waals surface area (Å²) in [5, 5.41) is 3.36. The van der Waals surface area contributed by atoms with E-state index in [1.807, 2.05) is 25.1 Å². The van der Waals surface area contributed by atoms with Crippen molar-refractivity contribution in [3.05, 3.63) is 63.9 Å². The van der Waals surface area contributed by atoms with Gasteiger partial charge in [-0.3, -0.25) is 14.3 Å². The lowest BCUT2D eigenvalue weighted by molar-refractivity contribution is -0.122. The molecule has 0 bridgehead atoms. The fraction of sp³-hybridized carbons (Fsp3) is 0.235. The molecular formula is C17H16ClN3O3. The van der Waals surface area contributed by atoms with Crippen LogP contribution in [0.4, 0.5) is 0 Å². The molecule has 7 heteroatoms. The van der Waals surface area contributed by atoms with Crippen LogP contribution in [0.3, 0.4) is 0 Å². The van der Waals surface area contributed by atoms with Crippen LogP contribution in [0.15, 0.2) is 51.8 Å². The maximum absolute atomic E-state index is 12.1. The first kappa shape index (κ1) is 16.3. The van der Waals surface area contributed by atoms with E-state index in [0.717, 1.165) is 5.69 Å². The highest BCUT2D eigenvalue weighted by Gasteiger charge is 2.13. The second-order valence-electron chi connectivity index (χ2n) is 5.43. The van der Waals surface area contributed by atoms with Gasteiger partial charge in [0.1, 0.15) is 0 Å². The molecule has 124 valence electrons. The predicted molar refractivity (Wildman–Crippen MR) is 90.9 cm³/mol. The van der Waals surface area contributed by atoms with Crippen molar-refractivity contribution in [2.45, 2.75) is 25.9 Å². The Morgan fingerprint density at radius 2 is 2.21 bits per heavy atom. The number of rotatable bonds is 5. The Labute approximate surface area is 143 Å². The lowest BCUT2D eigenvalue weighted by atomic mass is 10.2. The Hall–Kier alpha value is -2.60. The van der Waals surface area contributed by atoms with Gasteiger partial charge in [-0.2, -0.15) is 0 Å². The number of aryl methyl sites for hydroxylation is 1. The molecule has 0 saturated carbocycles. The second kappa shape index (κ2) is 6.88. The van der Waals surface area contributed by atoms with Crippen molar-refractivity contribution < 1.29 is 9.21 Å². The van der Waals surface area contributed by atoms with E-state index in [0.29, 0.717) is 16.1 Å². The maximum atomic E-state index is 12.1. The summed E-state index contributed by atoms with van der Waals surface area (Å²) < 4.78 is 6.57. The first-order valence-corrected chi connectivity index (χ1v) is 7.91. The SMILES string of the molecule is CC(NC(=O)CCn1c(=O)oc2cc(Cl)ccc21)c1ccccn1. The fourth-order valence-electron chi connectivity index (χ4n) is 2.48. The summed E-state index contributed by atoms with van der Waals surface area (Å²) >= 11 is 5.88. The van der Waals surface area contributed by atoms with E-state index in [-0.39, 0.29) is 24.9 Å². The number of oxazole rings is 1. The van der Waals surface area contributed by atoms with E-state index in [9.17, 15) is 9.59 Å². The van der Waals surface area contributed by atoms with Crippen molar-refractivity contribution in [3.63, 3.8) is 0 Å². The Kier molecular flexibility index (Phi) is 4.66. The molecule has 6 nitrogen and oxygen atoms in total. The average Bonchev–Trinajstić information content (AvgIpc) is 2.88. The van der Waals surface area contributed by atoms with Crippen LogP contribution in [0.1, 0.15) is 25.1 Å². The van der Waals surface area contributed by atoms with Gasteiger partial charge in [-0.25, -0.2) is 4.79 Å². The first-order valence-electron chi connectivity index (χ1n) is 7.54. The Morgan fingerprint density at radius 1 is 1.38 bits per heavy atom. The highest BCUT2D eigenvalue weighted by atomic mass is 35.5. The molecule has 1 unspecified atom stereocenters. The zero-order chi connectivity index (χ0) is 17.1. The largest absolute Gasteiger partial charge is 0.419 e. The molecule has 0 aliphatic rings. The number of carbonyl (C=O) groups is 1. The summed E-state index contributed by atoms with van der Waals surface area (Å²) in [5.74, 6) is -0.666. The van der Waals surface area contributed by atoms with Crippen LogP contribution in [0.25, 0.3) is 11.1 Å². The summed E-state index contributed by atoms with van der Waals surface area (Å²) in [6, 6.07) is 10.3. The van der Waals surface area contributed by atoms with Crippen molar-refractivity contribution in [2.75, 3.05) is 0 Å². The smallest absolute Gasteiger partial charge is 0.408 e. The van der Waals surface area contributed by atoms with Gasteiger partial charge in [-0.1, -0.05) is 17.7 Å². The number of carbonyl (C=O) groups excluding carboxylic acids is 1. The number of pyridine rings is 1. The van der Waals surface area contributed by atoms with E-state index >= 15 is 0 Å². The van der Waals surface area contributed by atoms with Crippen LogP contribution in [-0.2, 0) is 11.3 Å². The molecule has 2 aromatic heterocycles. The van der Waals surface area contributed by atoms with Gasteiger partial charge in [0.2, 0.25) is 5.91 Å². The van der Waals surface area contributed by atoms with Gasteiger partial charge in [0.25, 0.3) is 0 Å². The monoisotopic (exact) mass is 345 g/mol. The number of hydrogen-bond donors (Lipinski definition) is 1. The molecular weight excluding hydrogens is 330 g/mol. The molecule has 0 aliphatic carbocycles. The summed E-state index contributed by atoms with van der Waals surface area (Å²) in [6.07, 6.45) is 1.84. The Balaban J connectivity index is 1.67. The van der Waals surface area contributed by atoms with Gasteiger partial charge >= 0.3 is 5.76 Å². The van der Waals surface area contributed by atoms with Gasteiger partial charge < -0.3 is 9.73 Å². The molecule has 3 aromatic rings. The third kappa shape index (κ3) is 3.49.